The van der Waals surface area contributed by atoms with Gasteiger partial charge in [0.25, 0.3) is 5.91 Å². The number of carbonyl (C=O) groups excluding carboxylic acids is 1. The fraction of sp³-hybridized carbons (Fsp3) is 0.333. The van der Waals surface area contributed by atoms with E-state index in [4.69, 9.17) is 5.73 Å². The van der Waals surface area contributed by atoms with Gasteiger partial charge in [0.2, 0.25) is 0 Å². The first-order chi connectivity index (χ1) is 10.6. The van der Waals surface area contributed by atoms with Crippen molar-refractivity contribution >= 4 is 5.91 Å². The van der Waals surface area contributed by atoms with Crippen LogP contribution in [0.5, 0.6) is 0 Å². The van der Waals surface area contributed by atoms with Crippen LogP contribution in [-0.4, -0.2) is 27.8 Å². The number of hydrogen-bond donors (Lipinski definition) is 2. The van der Waals surface area contributed by atoms with Gasteiger partial charge in [-0.2, -0.15) is 18.3 Å². The number of carbonyl (C=O) groups is 1. The first-order valence-corrected chi connectivity index (χ1v) is 6.88. The molecule has 1 aromatic heterocycles. The van der Waals surface area contributed by atoms with Crippen molar-refractivity contribution in [1.29, 1.82) is 0 Å². The highest BCUT2D eigenvalue weighted by Crippen LogP contribution is 2.30. The topological polar surface area (TPSA) is 72.9 Å². The highest BCUT2D eigenvalue weighted by atomic mass is 19.4. The molecule has 0 spiro atoms. The van der Waals surface area contributed by atoms with Crippen LogP contribution in [0, 0.1) is 0 Å². The number of nitrogens with zero attached hydrogens (tertiary/aromatic N) is 2. The molecule has 23 heavy (non-hydrogen) atoms. The largest absolute Gasteiger partial charge is 0.416 e. The van der Waals surface area contributed by atoms with Crippen molar-refractivity contribution in [2.45, 2.75) is 25.6 Å². The van der Waals surface area contributed by atoms with Gasteiger partial charge in [-0.15, -0.1) is 0 Å². The minimum absolute atomic E-state index is 0.101. The molecule has 1 amide bonds. The van der Waals surface area contributed by atoms with E-state index in [9.17, 15) is 18.0 Å². The monoisotopic (exact) mass is 326 g/mol. The summed E-state index contributed by atoms with van der Waals surface area (Å²) < 4.78 is 39.4. The lowest BCUT2D eigenvalue weighted by atomic mass is 10.1. The maximum absolute atomic E-state index is 12.7. The number of amides is 1. The van der Waals surface area contributed by atoms with E-state index < -0.39 is 23.2 Å². The SMILES string of the molecule is CC(C)(CN)NC(=O)c1ccn(-c2cccc(C(F)(F)F)c2)n1. The zero-order valence-electron chi connectivity index (χ0n) is 12.7. The zero-order chi connectivity index (χ0) is 17.3. The van der Waals surface area contributed by atoms with Crippen LogP contribution in [-0.2, 0) is 6.18 Å². The Morgan fingerprint density at radius 1 is 1.30 bits per heavy atom. The molecule has 0 bridgehead atoms. The van der Waals surface area contributed by atoms with Gasteiger partial charge in [-0.3, -0.25) is 4.79 Å². The Morgan fingerprint density at radius 3 is 2.61 bits per heavy atom. The normalized spacial score (nSPS) is 12.3. The van der Waals surface area contributed by atoms with Crippen molar-refractivity contribution in [2.75, 3.05) is 6.54 Å². The first kappa shape index (κ1) is 17.0. The number of aromatic nitrogens is 2. The van der Waals surface area contributed by atoms with Gasteiger partial charge in [0, 0.05) is 18.3 Å². The second-order valence-corrected chi connectivity index (χ2v) is 5.74. The Kier molecular flexibility index (Phi) is 4.46. The van der Waals surface area contributed by atoms with Crippen LogP contribution in [0.3, 0.4) is 0 Å². The number of halogens is 3. The predicted octanol–water partition coefficient (Wildman–Crippen LogP) is 2.36. The number of hydrogen-bond acceptors (Lipinski definition) is 3. The average Bonchev–Trinajstić information content (AvgIpc) is 2.96. The minimum atomic E-state index is -4.44. The number of rotatable bonds is 4. The van der Waals surface area contributed by atoms with Crippen LogP contribution >= 0.6 is 0 Å². The summed E-state index contributed by atoms with van der Waals surface area (Å²) in [4.78, 5) is 12.1. The van der Waals surface area contributed by atoms with Crippen molar-refractivity contribution in [3.05, 3.63) is 47.8 Å². The number of alkyl halides is 3. The molecule has 0 atom stereocenters. The van der Waals surface area contributed by atoms with Gasteiger partial charge in [0.1, 0.15) is 0 Å². The lowest BCUT2D eigenvalue weighted by Gasteiger charge is -2.23. The van der Waals surface area contributed by atoms with Crippen molar-refractivity contribution in [3.8, 4) is 5.69 Å². The number of benzene rings is 1. The zero-order valence-corrected chi connectivity index (χ0v) is 12.7. The molecule has 0 aliphatic rings. The van der Waals surface area contributed by atoms with E-state index in [1.165, 1.54) is 29.1 Å². The molecule has 2 rings (SSSR count). The Bertz CT molecular complexity index is 707. The third kappa shape index (κ3) is 4.10. The van der Waals surface area contributed by atoms with Gasteiger partial charge < -0.3 is 11.1 Å². The maximum atomic E-state index is 12.7. The summed E-state index contributed by atoms with van der Waals surface area (Å²) >= 11 is 0. The molecular weight excluding hydrogens is 309 g/mol. The smallest absolute Gasteiger partial charge is 0.344 e. The summed E-state index contributed by atoms with van der Waals surface area (Å²) in [6.45, 7) is 3.76. The fourth-order valence-electron chi connectivity index (χ4n) is 1.84. The standard InChI is InChI=1S/C15H17F3N4O/c1-14(2,9-19)20-13(23)12-6-7-22(21-12)11-5-3-4-10(8-11)15(16,17)18/h3-8H,9,19H2,1-2H3,(H,20,23). The van der Waals surface area contributed by atoms with Crippen molar-refractivity contribution < 1.29 is 18.0 Å². The van der Waals surface area contributed by atoms with Crippen molar-refractivity contribution in [3.63, 3.8) is 0 Å². The summed E-state index contributed by atoms with van der Waals surface area (Å²) in [5.41, 5.74) is 4.48. The molecule has 0 radical (unpaired) electrons. The van der Waals surface area contributed by atoms with Gasteiger partial charge in [0.15, 0.2) is 5.69 Å². The Hall–Kier alpha value is -2.35. The van der Waals surface area contributed by atoms with E-state index in [0.29, 0.717) is 0 Å². The van der Waals surface area contributed by atoms with E-state index in [0.717, 1.165) is 12.1 Å². The van der Waals surface area contributed by atoms with Crippen molar-refractivity contribution in [1.82, 2.24) is 15.1 Å². The molecule has 1 aromatic carbocycles. The van der Waals surface area contributed by atoms with E-state index in [2.05, 4.69) is 10.4 Å². The molecule has 0 fully saturated rings. The third-order valence-corrected chi connectivity index (χ3v) is 3.22. The Morgan fingerprint density at radius 2 is 2.00 bits per heavy atom. The molecule has 8 heteroatoms. The molecule has 1 heterocycles. The lowest BCUT2D eigenvalue weighted by molar-refractivity contribution is -0.137. The van der Waals surface area contributed by atoms with Crippen LogP contribution in [0.4, 0.5) is 13.2 Å². The Labute approximate surface area is 131 Å². The van der Waals surface area contributed by atoms with Crippen LogP contribution in [0.15, 0.2) is 36.5 Å². The first-order valence-electron chi connectivity index (χ1n) is 6.88. The molecule has 0 unspecified atom stereocenters. The number of nitrogens with one attached hydrogen (secondary N) is 1. The van der Waals surface area contributed by atoms with Crippen LogP contribution in [0.25, 0.3) is 5.69 Å². The fourth-order valence-corrected chi connectivity index (χ4v) is 1.84. The van der Waals surface area contributed by atoms with Gasteiger partial charge >= 0.3 is 6.18 Å². The predicted molar refractivity (Wildman–Crippen MR) is 79.2 cm³/mol. The molecule has 0 saturated heterocycles. The van der Waals surface area contributed by atoms with E-state index in [1.807, 2.05) is 0 Å². The molecule has 0 aliphatic heterocycles. The second-order valence-electron chi connectivity index (χ2n) is 5.74. The van der Waals surface area contributed by atoms with Gasteiger partial charge in [0.05, 0.1) is 11.3 Å². The van der Waals surface area contributed by atoms with E-state index >= 15 is 0 Å². The van der Waals surface area contributed by atoms with Crippen LogP contribution in [0.1, 0.15) is 29.9 Å². The van der Waals surface area contributed by atoms with E-state index in [1.54, 1.807) is 13.8 Å². The molecule has 2 aromatic rings. The van der Waals surface area contributed by atoms with Crippen LogP contribution < -0.4 is 11.1 Å². The summed E-state index contributed by atoms with van der Waals surface area (Å²) in [6.07, 6.45) is -3.01. The number of nitrogens with two attached hydrogens (primary N) is 1. The van der Waals surface area contributed by atoms with Crippen molar-refractivity contribution in [2.24, 2.45) is 5.73 Å². The van der Waals surface area contributed by atoms with Gasteiger partial charge in [-0.05, 0) is 38.1 Å². The quantitative estimate of drug-likeness (QED) is 0.906. The molecule has 5 nitrogen and oxygen atoms in total. The molecule has 0 aliphatic carbocycles. The summed E-state index contributed by atoms with van der Waals surface area (Å²) in [6, 6.07) is 6.15. The third-order valence-electron chi connectivity index (χ3n) is 3.22. The second kappa shape index (κ2) is 6.04. The molecule has 3 N–H and O–H groups in total. The summed E-state index contributed by atoms with van der Waals surface area (Å²) in [7, 11) is 0. The van der Waals surface area contributed by atoms with Gasteiger partial charge in [-0.1, -0.05) is 6.07 Å². The van der Waals surface area contributed by atoms with Gasteiger partial charge in [-0.25, -0.2) is 4.68 Å². The minimum Gasteiger partial charge on any atom is -0.344 e. The Balaban J connectivity index is 2.24. The lowest BCUT2D eigenvalue weighted by Crippen LogP contribution is -2.48. The summed E-state index contributed by atoms with van der Waals surface area (Å²) in [5, 5.41) is 6.72. The van der Waals surface area contributed by atoms with E-state index in [-0.39, 0.29) is 17.9 Å². The molecular formula is C15H17F3N4O. The highest BCUT2D eigenvalue weighted by molar-refractivity contribution is 5.92. The summed E-state index contributed by atoms with van der Waals surface area (Å²) in [5.74, 6) is -0.439. The average molecular weight is 326 g/mol. The molecule has 0 saturated carbocycles. The maximum Gasteiger partial charge on any atom is 0.416 e. The molecule has 124 valence electrons. The van der Waals surface area contributed by atoms with Crippen LogP contribution in [0.2, 0.25) is 0 Å². The highest BCUT2D eigenvalue weighted by Gasteiger charge is 2.30.